The molecule has 0 bridgehead atoms. The number of hydrogen-bond acceptors (Lipinski definition) is 21. The Bertz CT molecular complexity index is 6960. The number of hydrogen-bond donors (Lipinski definition) is 4. The van der Waals surface area contributed by atoms with E-state index >= 15 is 0 Å². The van der Waals surface area contributed by atoms with Crippen molar-refractivity contribution >= 4 is 55.8 Å². The van der Waals surface area contributed by atoms with Gasteiger partial charge >= 0.3 is 0 Å². The second-order valence-electron chi connectivity index (χ2n) is 29.4. The minimum absolute atomic E-state index is 0.391. The van der Waals surface area contributed by atoms with Gasteiger partial charge in [-0.3, -0.25) is 15.3 Å². The molecule has 8 aromatic heterocycles. The van der Waals surface area contributed by atoms with E-state index < -0.39 is 0 Å². The predicted molar refractivity (Wildman–Crippen MR) is 491 cm³/mol. The summed E-state index contributed by atoms with van der Waals surface area (Å²) in [6, 6.07) is 110. The molecular weight excluding hydrogens is 1600 g/mol. The van der Waals surface area contributed by atoms with Crippen LogP contribution in [-0.4, -0.2) is 93.2 Å². The first-order valence-corrected chi connectivity index (χ1v) is 41.3. The maximum Gasteiger partial charge on any atom is 0.178 e. The summed E-state index contributed by atoms with van der Waals surface area (Å²) in [7, 11) is 1.61. The molecule has 0 aliphatic carbocycles. The third-order valence-corrected chi connectivity index (χ3v) is 20.4. The van der Waals surface area contributed by atoms with E-state index in [1.165, 1.54) is 19.0 Å². The topological polar surface area (TPSA) is 305 Å². The number of tetrazole rings is 1. The maximum absolute atomic E-state index is 6.04. The molecule has 630 valence electrons. The Labute approximate surface area is 736 Å². The lowest BCUT2D eigenvalue weighted by Crippen LogP contribution is -2.02. The highest BCUT2D eigenvalue weighted by atomic mass is 16.5. The van der Waals surface area contributed by atoms with Gasteiger partial charge < -0.3 is 37.9 Å². The third-order valence-electron chi connectivity index (χ3n) is 20.4. The largest absolute Gasteiger partial charge is 0.493 e. The number of benzene rings is 12. The fourth-order valence-electron chi connectivity index (χ4n) is 13.7. The number of pyridine rings is 4. The van der Waals surface area contributed by atoms with E-state index in [2.05, 4.69) is 165 Å². The van der Waals surface area contributed by atoms with Gasteiger partial charge in [-0.05, 0) is 166 Å². The minimum Gasteiger partial charge on any atom is -0.493 e. The number of ether oxygens (including phenoxy) is 8. The number of nitrogens with one attached hydrogen (secondary N) is 4. The zero-order valence-electron chi connectivity index (χ0n) is 69.6. The molecule has 0 saturated heterocycles. The number of fused-ring (bicyclic) bond motifs is 4. The monoisotopic (exact) mass is 1690 g/mol. The summed E-state index contributed by atoms with van der Waals surface area (Å²) in [6.45, 7) is 3.00. The van der Waals surface area contributed by atoms with Crippen LogP contribution in [0.25, 0.3) is 78.5 Å². The molecule has 20 rings (SSSR count). The molecule has 8 heterocycles. The lowest BCUT2D eigenvalue weighted by Gasteiger charge is -2.12. The van der Waals surface area contributed by atoms with Crippen molar-refractivity contribution in [2.45, 2.75) is 59.1 Å². The SMILES string of the molecule is C(=C\c1ccc(-c2ncn[nH]2)cc1)/c1ccc(OCc2ccc3ccccc3n2)cc1.COc1cc(-c2ncn[nH]2)ccc1OCc1ccc(OCc2ccc3ccccc3n2)cc1.c1cc(COc2ccc(OCc3ccc4ccccc4n3)cc2)cc(Cc2ncn[nH]2)c1.c1cc(OCc2ccc3ccccc3n2)cc(OCc2ccccc2Cc2nn[nH]n2)c1. The lowest BCUT2D eigenvalue weighted by atomic mass is 10.1. The quantitative estimate of drug-likeness (QED) is 0.0304. The van der Waals surface area contributed by atoms with Crippen LogP contribution < -0.4 is 37.9 Å². The molecule has 0 amide bonds. The molecule has 12 aromatic carbocycles. The number of nitrogens with zero attached hydrogens (tertiary/aromatic N) is 13. The molecule has 25 nitrogen and oxygen atoms in total. The number of rotatable bonds is 30. The van der Waals surface area contributed by atoms with Crippen LogP contribution in [-0.2, 0) is 59.1 Å². The van der Waals surface area contributed by atoms with Crippen molar-refractivity contribution < 1.29 is 37.9 Å². The molecule has 0 unspecified atom stereocenters. The lowest BCUT2D eigenvalue weighted by molar-refractivity contribution is 0.283. The summed E-state index contributed by atoms with van der Waals surface area (Å²) >= 11 is 0. The standard InChI is InChI=1S/C26H22N4O3.C26H22N4O2.C26H20N4O.C25H21N5O2/c1-31-25-14-20(26-27-17-28-30-26)9-13-24(25)33-15-18-6-11-22(12-7-18)32-16-21-10-8-19-4-2-3-5-23(19)29-21;1-2-7-25-21(6-1)8-9-22(29-25)17-32-24-12-10-23(11-13-24)31-16-20-5-3-4-19(14-20)15-26-27-18-28-30-26;1-2-4-25-21(3-1)13-14-23(29-25)17-31-24-15-9-20(10-16-24)6-5-19-7-11-22(12-8-19)26-27-18-28-30-26;1-2-8-20(19(7-1)14-25-27-29-30-28-25)16-31-22-9-5-10-23(15-22)32-17-21-13-12-18-6-3-4-11-24(18)26-21/h2-14,17H,15-16H2,1H3,(H,27,28,30);1-14,18H,15-17H2,(H,27,28,30);1-16,18H,17H2,(H,27,28,30);1-13,15H,14,16-17H2,(H,27,28,29,30)/b;;6-5+;. The molecule has 0 atom stereocenters. The van der Waals surface area contributed by atoms with Gasteiger partial charge in [0.25, 0.3) is 0 Å². The molecule has 20 aromatic rings. The average Bonchev–Trinajstić information content (AvgIpc) is 1.80. The number of aromatic amines is 4. The fourth-order valence-corrected chi connectivity index (χ4v) is 13.7. The molecule has 0 aliphatic rings. The van der Waals surface area contributed by atoms with Crippen molar-refractivity contribution in [2.24, 2.45) is 0 Å². The molecule has 0 saturated carbocycles. The van der Waals surface area contributed by atoms with E-state index in [1.807, 2.05) is 267 Å². The van der Waals surface area contributed by atoms with Crippen molar-refractivity contribution in [1.82, 2.24) is 86.1 Å². The summed E-state index contributed by atoms with van der Waals surface area (Å²) in [6.07, 6.45) is 9.97. The van der Waals surface area contributed by atoms with E-state index in [-0.39, 0.29) is 0 Å². The highest BCUT2D eigenvalue weighted by molar-refractivity contribution is 5.81. The first-order valence-electron chi connectivity index (χ1n) is 41.3. The van der Waals surface area contributed by atoms with Gasteiger partial charge in [-0.1, -0.05) is 218 Å². The van der Waals surface area contributed by atoms with Crippen LogP contribution >= 0.6 is 0 Å². The number of methoxy groups -OCH3 is 1. The molecule has 0 fully saturated rings. The number of aromatic nitrogens is 17. The van der Waals surface area contributed by atoms with E-state index in [4.69, 9.17) is 37.9 Å². The smallest absolute Gasteiger partial charge is 0.178 e. The van der Waals surface area contributed by atoms with Gasteiger partial charge in [0.05, 0.1) is 52.0 Å². The van der Waals surface area contributed by atoms with Crippen LogP contribution in [0.1, 0.15) is 73.4 Å². The highest BCUT2D eigenvalue weighted by Gasteiger charge is 2.14. The molecule has 0 aliphatic heterocycles. The Morgan fingerprint density at radius 3 is 1.23 bits per heavy atom. The molecule has 25 heteroatoms. The Morgan fingerprint density at radius 1 is 0.297 bits per heavy atom. The third kappa shape index (κ3) is 23.4. The fraction of sp³-hybridized carbons (Fsp3) is 0.0971. The Balaban J connectivity index is 0.000000120. The van der Waals surface area contributed by atoms with Crippen molar-refractivity contribution in [3.8, 4) is 68.8 Å². The van der Waals surface area contributed by atoms with Gasteiger partial charge in [0.1, 0.15) is 106 Å². The summed E-state index contributed by atoms with van der Waals surface area (Å²) < 4.78 is 47.1. The molecule has 0 radical (unpaired) electrons. The number of para-hydroxylation sites is 4. The van der Waals surface area contributed by atoms with Crippen LogP contribution in [0, 0.1) is 0 Å². The van der Waals surface area contributed by atoms with Crippen LogP contribution in [0.15, 0.2) is 353 Å². The number of H-pyrrole nitrogens is 4. The summed E-state index contributed by atoms with van der Waals surface area (Å²) in [4.78, 5) is 31.1. The van der Waals surface area contributed by atoms with Crippen LogP contribution in [0.3, 0.4) is 0 Å². The van der Waals surface area contributed by atoms with E-state index in [9.17, 15) is 0 Å². The van der Waals surface area contributed by atoms with Crippen molar-refractivity contribution in [3.05, 3.63) is 426 Å². The zero-order chi connectivity index (χ0) is 86.5. The van der Waals surface area contributed by atoms with E-state index in [0.29, 0.717) is 82.2 Å². The molecular formula is C103H85N17O8. The normalized spacial score (nSPS) is 10.9. The minimum atomic E-state index is 0.391. The van der Waals surface area contributed by atoms with Crippen molar-refractivity contribution in [2.75, 3.05) is 7.11 Å². The summed E-state index contributed by atoms with van der Waals surface area (Å²) in [5.41, 5.74) is 17.0. The first-order chi connectivity index (χ1) is 63.3. The van der Waals surface area contributed by atoms with Gasteiger partial charge in [-0.2, -0.15) is 20.5 Å². The zero-order valence-corrected chi connectivity index (χ0v) is 69.6. The first kappa shape index (κ1) is 83.2. The summed E-state index contributed by atoms with van der Waals surface area (Å²) in [5, 5.41) is 38.9. The van der Waals surface area contributed by atoms with Crippen LogP contribution in [0.2, 0.25) is 0 Å². The molecule has 128 heavy (non-hydrogen) atoms. The van der Waals surface area contributed by atoms with Gasteiger partial charge in [0, 0.05) is 51.6 Å². The van der Waals surface area contributed by atoms with Crippen molar-refractivity contribution in [1.29, 1.82) is 0 Å². The molecule has 4 N–H and O–H groups in total. The second-order valence-corrected chi connectivity index (χ2v) is 29.4. The van der Waals surface area contributed by atoms with Gasteiger partial charge in [-0.15, -0.1) is 10.2 Å². The van der Waals surface area contributed by atoms with Crippen molar-refractivity contribution in [3.63, 3.8) is 0 Å². The van der Waals surface area contributed by atoms with Crippen LogP contribution in [0.5, 0.6) is 46.0 Å². The van der Waals surface area contributed by atoms with E-state index in [0.717, 1.165) is 163 Å². The van der Waals surface area contributed by atoms with Gasteiger partial charge in [0.2, 0.25) is 0 Å². The van der Waals surface area contributed by atoms with Gasteiger partial charge in [-0.25, -0.2) is 34.9 Å². The van der Waals surface area contributed by atoms with Gasteiger partial charge in [0.15, 0.2) is 29.0 Å². The molecule has 0 spiro atoms. The Hall–Kier alpha value is -17.1. The Morgan fingerprint density at radius 2 is 0.727 bits per heavy atom. The average molecular weight is 1690 g/mol. The van der Waals surface area contributed by atoms with Crippen LogP contribution in [0.4, 0.5) is 0 Å². The Kier molecular flexibility index (Phi) is 27.4. The predicted octanol–water partition coefficient (Wildman–Crippen LogP) is 20.6. The maximum atomic E-state index is 6.04. The van der Waals surface area contributed by atoms with E-state index in [1.54, 1.807) is 7.11 Å². The highest BCUT2D eigenvalue weighted by Crippen LogP contribution is 2.33. The summed E-state index contributed by atoms with van der Waals surface area (Å²) in [5.74, 6) is 8.87. The second kappa shape index (κ2) is 42.1.